The maximum absolute atomic E-state index is 12.3. The number of methoxy groups -OCH3 is 1. The summed E-state index contributed by atoms with van der Waals surface area (Å²) in [7, 11) is 1.56. The highest BCUT2D eigenvalue weighted by Crippen LogP contribution is 2.37. The lowest BCUT2D eigenvalue weighted by Crippen LogP contribution is -2.09. The van der Waals surface area contributed by atoms with Crippen molar-refractivity contribution in [2.24, 2.45) is 0 Å². The first kappa shape index (κ1) is 16.3. The highest BCUT2D eigenvalue weighted by Gasteiger charge is 2.15. The van der Waals surface area contributed by atoms with E-state index in [4.69, 9.17) is 21.1 Å². The van der Waals surface area contributed by atoms with Crippen LogP contribution in [0.5, 0.6) is 11.5 Å². The van der Waals surface area contributed by atoms with Gasteiger partial charge in [-0.25, -0.2) is 4.98 Å². The summed E-state index contributed by atoms with van der Waals surface area (Å²) in [6, 6.07) is 10.6. The molecule has 2 aromatic carbocycles. The summed E-state index contributed by atoms with van der Waals surface area (Å²) in [5, 5.41) is 0.965. The second kappa shape index (κ2) is 6.93. The largest absolute Gasteiger partial charge is 0.493 e. The monoisotopic (exact) mass is 344 g/mol. The van der Waals surface area contributed by atoms with E-state index >= 15 is 0 Å². The lowest BCUT2D eigenvalue weighted by Gasteiger charge is -2.13. The molecule has 0 aliphatic rings. The molecule has 0 atom stereocenters. The van der Waals surface area contributed by atoms with Crippen molar-refractivity contribution in [2.75, 3.05) is 13.7 Å². The number of rotatable bonds is 5. The van der Waals surface area contributed by atoms with Crippen molar-refractivity contribution < 1.29 is 9.47 Å². The fourth-order valence-electron chi connectivity index (χ4n) is 2.41. The SMILES string of the molecule is CCCOc1cc(Cl)c(-c2nc3ccccc3c(=O)[nH]2)cc1OC. The molecule has 3 aromatic rings. The highest BCUT2D eigenvalue weighted by atomic mass is 35.5. The fraction of sp³-hybridized carbons (Fsp3) is 0.222. The van der Waals surface area contributed by atoms with Crippen LogP contribution in [0, 0.1) is 0 Å². The number of benzene rings is 2. The summed E-state index contributed by atoms with van der Waals surface area (Å²) in [6.07, 6.45) is 0.877. The highest BCUT2D eigenvalue weighted by molar-refractivity contribution is 6.33. The van der Waals surface area contributed by atoms with E-state index in [1.165, 1.54) is 0 Å². The smallest absolute Gasteiger partial charge is 0.259 e. The van der Waals surface area contributed by atoms with Crippen LogP contribution in [0.15, 0.2) is 41.2 Å². The van der Waals surface area contributed by atoms with Gasteiger partial charge in [-0.1, -0.05) is 30.7 Å². The van der Waals surface area contributed by atoms with Crippen molar-refractivity contribution in [1.29, 1.82) is 0 Å². The zero-order valence-electron chi connectivity index (χ0n) is 13.4. The molecular formula is C18H17ClN2O3. The average Bonchev–Trinajstić information content (AvgIpc) is 2.60. The molecule has 0 aliphatic heterocycles. The molecule has 0 aliphatic carbocycles. The first-order valence-corrected chi connectivity index (χ1v) is 8.01. The number of H-pyrrole nitrogens is 1. The third kappa shape index (κ3) is 3.08. The van der Waals surface area contributed by atoms with Crippen LogP contribution in [0.4, 0.5) is 0 Å². The van der Waals surface area contributed by atoms with Crippen molar-refractivity contribution in [2.45, 2.75) is 13.3 Å². The van der Waals surface area contributed by atoms with Crippen molar-refractivity contribution >= 4 is 22.5 Å². The summed E-state index contributed by atoms with van der Waals surface area (Å²) < 4.78 is 11.0. The van der Waals surface area contributed by atoms with Gasteiger partial charge in [0.1, 0.15) is 5.82 Å². The molecule has 1 heterocycles. The summed E-state index contributed by atoms with van der Waals surface area (Å²) >= 11 is 6.38. The van der Waals surface area contributed by atoms with Crippen LogP contribution in [0.1, 0.15) is 13.3 Å². The molecule has 0 radical (unpaired) electrons. The minimum atomic E-state index is -0.211. The number of aromatic nitrogens is 2. The molecule has 1 N–H and O–H groups in total. The Labute approximate surface area is 144 Å². The van der Waals surface area contributed by atoms with Gasteiger partial charge in [-0.2, -0.15) is 0 Å². The van der Waals surface area contributed by atoms with Crippen LogP contribution in [0.25, 0.3) is 22.3 Å². The Morgan fingerprint density at radius 2 is 2.00 bits per heavy atom. The second-order valence-corrected chi connectivity index (χ2v) is 5.67. The molecule has 0 saturated carbocycles. The summed E-state index contributed by atoms with van der Waals surface area (Å²) in [6.45, 7) is 2.59. The van der Waals surface area contributed by atoms with Crippen LogP contribution in [0.2, 0.25) is 5.02 Å². The number of hydrogen-bond acceptors (Lipinski definition) is 4. The van der Waals surface area contributed by atoms with Gasteiger partial charge in [-0.3, -0.25) is 4.79 Å². The summed E-state index contributed by atoms with van der Waals surface area (Å²) in [4.78, 5) is 19.5. The number of ether oxygens (including phenoxy) is 2. The predicted molar refractivity (Wildman–Crippen MR) is 95.1 cm³/mol. The van der Waals surface area contributed by atoms with E-state index in [0.717, 1.165) is 6.42 Å². The molecule has 3 rings (SSSR count). The van der Waals surface area contributed by atoms with E-state index < -0.39 is 0 Å². The quantitative estimate of drug-likeness (QED) is 0.758. The first-order chi connectivity index (χ1) is 11.6. The fourth-order valence-corrected chi connectivity index (χ4v) is 2.66. The lowest BCUT2D eigenvalue weighted by atomic mass is 10.1. The van der Waals surface area contributed by atoms with Gasteiger partial charge >= 0.3 is 0 Å². The maximum Gasteiger partial charge on any atom is 0.259 e. The molecule has 0 unspecified atom stereocenters. The van der Waals surface area contributed by atoms with Crippen molar-refractivity contribution in [3.05, 3.63) is 51.8 Å². The summed E-state index contributed by atoms with van der Waals surface area (Å²) in [5.41, 5.74) is 0.981. The van der Waals surface area contributed by atoms with Gasteiger partial charge in [-0.05, 0) is 24.6 Å². The van der Waals surface area contributed by atoms with Gasteiger partial charge in [0.15, 0.2) is 11.5 Å². The number of halogens is 1. The third-order valence-electron chi connectivity index (χ3n) is 3.58. The third-order valence-corrected chi connectivity index (χ3v) is 3.90. The number of nitrogens with zero attached hydrogens (tertiary/aromatic N) is 1. The van der Waals surface area contributed by atoms with Gasteiger partial charge in [0, 0.05) is 11.6 Å². The van der Waals surface area contributed by atoms with E-state index in [2.05, 4.69) is 9.97 Å². The van der Waals surface area contributed by atoms with Gasteiger partial charge in [-0.15, -0.1) is 0 Å². The number of para-hydroxylation sites is 1. The van der Waals surface area contributed by atoms with Crippen molar-refractivity contribution in [1.82, 2.24) is 9.97 Å². The van der Waals surface area contributed by atoms with Crippen LogP contribution in [0.3, 0.4) is 0 Å². The van der Waals surface area contributed by atoms with Crippen LogP contribution < -0.4 is 15.0 Å². The standard InChI is InChI=1S/C18H17ClN2O3/c1-3-8-24-16-10-13(19)12(9-15(16)23-2)17-20-14-7-5-4-6-11(14)18(22)21-17/h4-7,9-10H,3,8H2,1-2H3,(H,20,21,22). The van der Waals surface area contributed by atoms with E-state index in [1.807, 2.05) is 13.0 Å². The van der Waals surface area contributed by atoms with Crippen LogP contribution >= 0.6 is 11.6 Å². The number of fused-ring (bicyclic) bond motifs is 1. The Morgan fingerprint density at radius 3 is 2.75 bits per heavy atom. The van der Waals surface area contributed by atoms with Crippen molar-refractivity contribution in [3.8, 4) is 22.9 Å². The lowest BCUT2D eigenvalue weighted by molar-refractivity contribution is 0.294. The first-order valence-electron chi connectivity index (χ1n) is 7.63. The average molecular weight is 345 g/mol. The minimum absolute atomic E-state index is 0.211. The van der Waals surface area contributed by atoms with E-state index in [1.54, 1.807) is 37.4 Å². The molecule has 0 bridgehead atoms. The molecule has 6 heteroatoms. The molecular weight excluding hydrogens is 328 g/mol. The van der Waals surface area contributed by atoms with Crippen LogP contribution in [-0.2, 0) is 0 Å². The Kier molecular flexibility index (Phi) is 4.71. The zero-order chi connectivity index (χ0) is 17.1. The second-order valence-electron chi connectivity index (χ2n) is 5.26. The number of nitrogens with one attached hydrogen (secondary N) is 1. The number of aromatic amines is 1. The van der Waals surface area contributed by atoms with Gasteiger partial charge < -0.3 is 14.5 Å². The molecule has 5 nitrogen and oxygen atoms in total. The zero-order valence-corrected chi connectivity index (χ0v) is 14.2. The van der Waals surface area contributed by atoms with E-state index in [0.29, 0.717) is 45.4 Å². The van der Waals surface area contributed by atoms with Gasteiger partial charge in [0.25, 0.3) is 5.56 Å². The van der Waals surface area contributed by atoms with Crippen LogP contribution in [-0.4, -0.2) is 23.7 Å². The number of hydrogen-bond donors (Lipinski definition) is 1. The predicted octanol–water partition coefficient (Wildman–Crippen LogP) is 4.04. The molecule has 0 fully saturated rings. The Balaban J connectivity index is 2.14. The maximum atomic E-state index is 12.3. The molecule has 1 aromatic heterocycles. The Hall–Kier alpha value is -2.53. The Bertz CT molecular complexity index is 937. The normalized spacial score (nSPS) is 10.8. The minimum Gasteiger partial charge on any atom is -0.493 e. The molecule has 0 amide bonds. The van der Waals surface area contributed by atoms with E-state index in [9.17, 15) is 4.79 Å². The van der Waals surface area contributed by atoms with Crippen molar-refractivity contribution in [3.63, 3.8) is 0 Å². The topological polar surface area (TPSA) is 64.2 Å². The van der Waals surface area contributed by atoms with Gasteiger partial charge in [0.05, 0.1) is 29.6 Å². The van der Waals surface area contributed by atoms with Gasteiger partial charge in [0.2, 0.25) is 0 Å². The Morgan fingerprint density at radius 1 is 1.21 bits per heavy atom. The molecule has 0 saturated heterocycles. The van der Waals surface area contributed by atoms with E-state index in [-0.39, 0.29) is 5.56 Å². The molecule has 0 spiro atoms. The molecule has 24 heavy (non-hydrogen) atoms. The summed E-state index contributed by atoms with van der Waals surface area (Å²) in [5.74, 6) is 1.50. The molecule has 124 valence electrons.